The number of nitriles is 1. The molecule has 32 heavy (non-hydrogen) atoms. The molecular weight excluding hydrogens is 434 g/mol. The molecule has 1 aromatic heterocycles. The molecule has 160 valence electrons. The van der Waals surface area contributed by atoms with Crippen molar-refractivity contribution in [3.05, 3.63) is 77.2 Å². The number of primary amides is 1. The molecule has 2 N–H and O–H groups in total. The molecule has 0 fully saturated rings. The summed E-state index contributed by atoms with van der Waals surface area (Å²) in [5.41, 5.74) is 6.69. The standard InChI is InChI=1S/C23H16ClN3O5/c1-13-5-2-3-6-15(13)16-7-4-8-23(20(16)24,32-22(26)29)21-27-17-9-14(11-28)10-18(30-12-25)19(17)31-21/h2-11,20H,1H3,(H2,26,29). The first kappa shape index (κ1) is 21.2. The van der Waals surface area contributed by atoms with Crippen LogP contribution in [0, 0.1) is 18.4 Å². The molecular formula is C23H16ClN3O5. The number of nitrogens with two attached hydrogens (primary N) is 1. The summed E-state index contributed by atoms with van der Waals surface area (Å²) in [6.07, 6.45) is 6.03. The van der Waals surface area contributed by atoms with E-state index in [0.29, 0.717) is 11.9 Å². The lowest BCUT2D eigenvalue weighted by Crippen LogP contribution is -2.43. The highest BCUT2D eigenvalue weighted by atomic mass is 35.5. The summed E-state index contributed by atoms with van der Waals surface area (Å²) in [6.45, 7) is 1.93. The van der Waals surface area contributed by atoms with Gasteiger partial charge in [0.2, 0.25) is 11.5 Å². The van der Waals surface area contributed by atoms with Crippen molar-refractivity contribution in [1.82, 2.24) is 4.98 Å². The zero-order valence-electron chi connectivity index (χ0n) is 16.7. The first-order valence-electron chi connectivity index (χ1n) is 9.43. The third kappa shape index (κ3) is 3.49. The summed E-state index contributed by atoms with van der Waals surface area (Å²) >= 11 is 6.89. The summed E-state index contributed by atoms with van der Waals surface area (Å²) in [5.74, 6) is -0.103. The molecule has 0 saturated carbocycles. The van der Waals surface area contributed by atoms with Gasteiger partial charge < -0.3 is 19.6 Å². The quantitative estimate of drug-likeness (QED) is 0.348. The SMILES string of the molecule is Cc1ccccc1C1=CC=CC(OC(N)=O)(c2nc3cc(C=O)cc(OC#N)c3o2)C1Cl. The summed E-state index contributed by atoms with van der Waals surface area (Å²) in [7, 11) is 0. The highest BCUT2D eigenvalue weighted by molar-refractivity contribution is 6.28. The van der Waals surface area contributed by atoms with Gasteiger partial charge in [-0.1, -0.05) is 36.4 Å². The van der Waals surface area contributed by atoms with Crippen molar-refractivity contribution >= 4 is 40.7 Å². The van der Waals surface area contributed by atoms with Gasteiger partial charge in [0.1, 0.15) is 17.2 Å². The smallest absolute Gasteiger partial charge is 0.405 e. The van der Waals surface area contributed by atoms with Crippen molar-refractivity contribution in [3.8, 4) is 12.0 Å². The van der Waals surface area contributed by atoms with Crippen molar-refractivity contribution in [1.29, 1.82) is 5.26 Å². The fourth-order valence-electron chi connectivity index (χ4n) is 3.68. The van der Waals surface area contributed by atoms with Gasteiger partial charge in [-0.2, -0.15) is 0 Å². The number of aromatic nitrogens is 1. The van der Waals surface area contributed by atoms with Crippen molar-refractivity contribution in [2.24, 2.45) is 5.73 Å². The van der Waals surface area contributed by atoms with Crippen LogP contribution in [0.4, 0.5) is 4.79 Å². The molecule has 0 saturated heterocycles. The highest BCUT2D eigenvalue weighted by Crippen LogP contribution is 2.45. The van der Waals surface area contributed by atoms with Crippen molar-refractivity contribution in [3.63, 3.8) is 0 Å². The predicted octanol–water partition coefficient (Wildman–Crippen LogP) is 4.36. The Morgan fingerprint density at radius 2 is 2.16 bits per heavy atom. The molecule has 0 radical (unpaired) electrons. The molecule has 0 aliphatic heterocycles. The summed E-state index contributed by atoms with van der Waals surface area (Å²) in [6, 6.07) is 10.4. The Bertz CT molecular complexity index is 1340. The van der Waals surface area contributed by atoms with E-state index in [1.807, 2.05) is 31.2 Å². The average Bonchev–Trinajstić information content (AvgIpc) is 3.21. The molecule has 8 nitrogen and oxygen atoms in total. The monoisotopic (exact) mass is 449 g/mol. The van der Waals surface area contributed by atoms with Gasteiger partial charge in [0.25, 0.3) is 6.26 Å². The van der Waals surface area contributed by atoms with Crippen molar-refractivity contribution < 1.29 is 23.5 Å². The number of allylic oxidation sites excluding steroid dienone is 2. The van der Waals surface area contributed by atoms with Crippen LogP contribution in [0.5, 0.6) is 5.75 Å². The highest BCUT2D eigenvalue weighted by Gasteiger charge is 2.49. The second-order valence-corrected chi connectivity index (χ2v) is 7.51. The number of fused-ring (bicyclic) bond motifs is 1. The first-order chi connectivity index (χ1) is 15.4. The summed E-state index contributed by atoms with van der Waals surface area (Å²) in [4.78, 5) is 27.6. The van der Waals surface area contributed by atoms with Gasteiger partial charge in [-0.05, 0) is 41.8 Å². The maximum absolute atomic E-state index is 11.9. The zero-order chi connectivity index (χ0) is 22.9. The number of ether oxygens (including phenoxy) is 2. The van der Waals surface area contributed by atoms with Gasteiger partial charge in [0.15, 0.2) is 11.3 Å². The van der Waals surface area contributed by atoms with Gasteiger partial charge >= 0.3 is 6.09 Å². The third-order valence-electron chi connectivity index (χ3n) is 5.10. The van der Waals surface area contributed by atoms with Crippen LogP contribution in [0.3, 0.4) is 0 Å². The molecule has 4 rings (SSSR count). The number of benzene rings is 2. The summed E-state index contributed by atoms with van der Waals surface area (Å²) < 4.78 is 16.3. The number of oxazole rings is 1. The summed E-state index contributed by atoms with van der Waals surface area (Å²) in [5, 5.41) is 7.99. The fourth-order valence-corrected chi connectivity index (χ4v) is 4.08. The Morgan fingerprint density at radius 1 is 1.38 bits per heavy atom. The van der Waals surface area contributed by atoms with Crippen molar-refractivity contribution in [2.75, 3.05) is 0 Å². The van der Waals surface area contributed by atoms with Crippen LogP contribution in [0.2, 0.25) is 0 Å². The molecule has 1 aliphatic carbocycles. The molecule has 2 aromatic carbocycles. The largest absolute Gasteiger partial charge is 0.432 e. The minimum Gasteiger partial charge on any atom is -0.432 e. The van der Waals surface area contributed by atoms with E-state index >= 15 is 0 Å². The maximum atomic E-state index is 11.9. The van der Waals surface area contributed by atoms with E-state index in [4.69, 9.17) is 36.5 Å². The number of nitrogens with zero attached hydrogens (tertiary/aromatic N) is 2. The number of aryl methyl sites for hydroxylation is 1. The molecule has 0 spiro atoms. The van der Waals surface area contributed by atoms with Crippen LogP contribution in [-0.2, 0) is 10.3 Å². The molecule has 1 heterocycles. The van der Waals surface area contributed by atoms with Gasteiger partial charge in [0, 0.05) is 5.56 Å². The van der Waals surface area contributed by atoms with E-state index in [-0.39, 0.29) is 28.3 Å². The Balaban J connectivity index is 1.91. The second kappa shape index (κ2) is 8.21. The van der Waals surface area contributed by atoms with Gasteiger partial charge in [-0.15, -0.1) is 16.9 Å². The van der Waals surface area contributed by atoms with E-state index in [2.05, 4.69) is 4.98 Å². The maximum Gasteiger partial charge on any atom is 0.405 e. The van der Waals surface area contributed by atoms with E-state index in [9.17, 15) is 9.59 Å². The van der Waals surface area contributed by atoms with Crippen LogP contribution in [0.15, 0.2) is 59.0 Å². The second-order valence-electron chi connectivity index (χ2n) is 7.07. The zero-order valence-corrected chi connectivity index (χ0v) is 17.5. The topological polar surface area (TPSA) is 128 Å². The molecule has 2 unspecified atom stereocenters. The third-order valence-corrected chi connectivity index (χ3v) is 5.66. The van der Waals surface area contributed by atoms with Crippen LogP contribution in [0.1, 0.15) is 27.4 Å². The minimum atomic E-state index is -1.69. The number of halogens is 1. The van der Waals surface area contributed by atoms with E-state index in [0.717, 1.165) is 11.1 Å². The number of hydrogen-bond donors (Lipinski definition) is 1. The van der Waals surface area contributed by atoms with Crippen LogP contribution in [-0.4, -0.2) is 22.7 Å². The lowest BCUT2D eigenvalue weighted by atomic mass is 9.84. The van der Waals surface area contributed by atoms with Crippen molar-refractivity contribution in [2.45, 2.75) is 17.9 Å². The van der Waals surface area contributed by atoms with Crippen LogP contribution >= 0.6 is 11.6 Å². The van der Waals surface area contributed by atoms with Gasteiger partial charge in [-0.25, -0.2) is 9.78 Å². The lowest BCUT2D eigenvalue weighted by molar-refractivity contribution is 0.0374. The van der Waals surface area contributed by atoms with E-state index < -0.39 is 17.1 Å². The Morgan fingerprint density at radius 3 is 2.84 bits per heavy atom. The molecule has 0 bridgehead atoms. The average molecular weight is 450 g/mol. The molecule has 9 heteroatoms. The number of hydrogen-bond acceptors (Lipinski definition) is 7. The van der Waals surface area contributed by atoms with Crippen LogP contribution in [0.25, 0.3) is 16.7 Å². The number of aldehydes is 1. The molecule has 2 atom stereocenters. The number of carbonyl (C=O) groups is 2. The Labute approximate surface area is 187 Å². The number of amides is 1. The minimum absolute atomic E-state index is 0.0133. The number of rotatable bonds is 5. The first-order valence-corrected chi connectivity index (χ1v) is 9.87. The molecule has 1 aliphatic rings. The fraction of sp³-hybridized carbons (Fsp3) is 0.130. The number of alkyl halides is 1. The lowest BCUT2D eigenvalue weighted by Gasteiger charge is -2.34. The Hall–Kier alpha value is -4.09. The van der Waals surface area contributed by atoms with E-state index in [1.54, 1.807) is 18.4 Å². The normalized spacial score (nSPS) is 19.8. The number of carbonyl (C=O) groups excluding carboxylic acids is 2. The molecule has 1 amide bonds. The predicted molar refractivity (Wildman–Crippen MR) is 116 cm³/mol. The van der Waals surface area contributed by atoms with E-state index in [1.165, 1.54) is 18.2 Å². The van der Waals surface area contributed by atoms with Crippen LogP contribution < -0.4 is 10.5 Å². The van der Waals surface area contributed by atoms with Gasteiger partial charge in [0.05, 0.1) is 0 Å². The Kier molecular flexibility index (Phi) is 5.43. The molecule has 3 aromatic rings. The van der Waals surface area contributed by atoms with Gasteiger partial charge in [-0.3, -0.25) is 4.79 Å².